The minimum Gasteiger partial charge on any atom is -0.481 e. The Morgan fingerprint density at radius 2 is 2.12 bits per heavy atom. The molecule has 0 unspecified atom stereocenters. The van der Waals surface area contributed by atoms with Crippen molar-refractivity contribution in [3.05, 3.63) is 0 Å². The number of carboxylic acid groups (broad SMARTS) is 1. The molecule has 0 aliphatic carbocycles. The van der Waals surface area contributed by atoms with Crippen LogP contribution in [0.15, 0.2) is 0 Å². The van der Waals surface area contributed by atoms with Gasteiger partial charge in [0, 0.05) is 25.8 Å². The molecule has 0 atom stereocenters. The van der Waals surface area contributed by atoms with E-state index in [0.717, 1.165) is 25.8 Å². The summed E-state index contributed by atoms with van der Waals surface area (Å²) in [5, 5.41) is 8.44. The van der Waals surface area contributed by atoms with E-state index in [2.05, 4.69) is 11.8 Å². The van der Waals surface area contributed by atoms with Gasteiger partial charge in [-0.2, -0.15) is 0 Å². The van der Waals surface area contributed by atoms with Gasteiger partial charge in [0.1, 0.15) is 0 Å². The number of likely N-dealkylation sites (tertiary alicyclic amines) is 1. The molecule has 0 saturated carbocycles. The van der Waals surface area contributed by atoms with Crippen LogP contribution in [-0.2, 0) is 9.59 Å². The molecule has 0 spiro atoms. The summed E-state index contributed by atoms with van der Waals surface area (Å²) in [5.41, 5.74) is 0. The van der Waals surface area contributed by atoms with E-state index < -0.39 is 5.97 Å². The lowest BCUT2D eigenvalue weighted by atomic mass is 10.2. The minimum atomic E-state index is -0.783. The second-order valence-corrected chi connectivity index (χ2v) is 4.23. The van der Waals surface area contributed by atoms with Gasteiger partial charge in [-0.15, -0.1) is 5.92 Å². The molecule has 1 aliphatic heterocycles. The summed E-state index contributed by atoms with van der Waals surface area (Å²) in [4.78, 5) is 23.7. The largest absolute Gasteiger partial charge is 0.481 e. The van der Waals surface area contributed by atoms with E-state index in [4.69, 9.17) is 5.11 Å². The van der Waals surface area contributed by atoms with E-state index in [1.807, 2.05) is 0 Å². The molecule has 4 nitrogen and oxygen atoms in total. The molecule has 1 fully saturated rings. The Morgan fingerprint density at radius 1 is 1.29 bits per heavy atom. The lowest BCUT2D eigenvalue weighted by molar-refractivity contribution is -0.137. The third kappa shape index (κ3) is 5.96. The van der Waals surface area contributed by atoms with Crippen molar-refractivity contribution < 1.29 is 14.7 Å². The van der Waals surface area contributed by atoms with Crippen LogP contribution in [-0.4, -0.2) is 35.0 Å². The number of aliphatic carboxylic acids is 1. The van der Waals surface area contributed by atoms with Crippen molar-refractivity contribution in [1.82, 2.24) is 4.90 Å². The summed E-state index contributed by atoms with van der Waals surface area (Å²) in [6.45, 7) is 1.30. The molecule has 17 heavy (non-hydrogen) atoms. The normalized spacial score (nSPS) is 16.0. The summed E-state index contributed by atoms with van der Waals surface area (Å²) >= 11 is 0. The first kappa shape index (κ1) is 13.6. The van der Waals surface area contributed by atoms with Gasteiger partial charge in [0.05, 0.1) is 6.54 Å². The van der Waals surface area contributed by atoms with Crippen LogP contribution in [0.1, 0.15) is 44.9 Å². The van der Waals surface area contributed by atoms with Gasteiger partial charge in [-0.05, 0) is 19.3 Å². The fourth-order valence-corrected chi connectivity index (χ4v) is 1.77. The van der Waals surface area contributed by atoms with Crippen LogP contribution >= 0.6 is 0 Å². The van der Waals surface area contributed by atoms with Gasteiger partial charge in [-0.25, -0.2) is 0 Å². The molecule has 1 saturated heterocycles. The second-order valence-electron chi connectivity index (χ2n) is 4.23. The van der Waals surface area contributed by atoms with Crippen molar-refractivity contribution in [2.45, 2.75) is 44.9 Å². The third-order valence-corrected chi connectivity index (χ3v) is 2.76. The first-order valence-electron chi connectivity index (χ1n) is 6.15. The number of hydrogen-bond donors (Lipinski definition) is 1. The number of rotatable bonds is 4. The highest BCUT2D eigenvalue weighted by Crippen LogP contribution is 2.10. The smallest absolute Gasteiger partial charge is 0.303 e. The summed E-state index contributed by atoms with van der Waals surface area (Å²) < 4.78 is 0. The number of unbranched alkanes of at least 4 members (excludes halogenated alkanes) is 1. The molecule has 0 aromatic heterocycles. The van der Waals surface area contributed by atoms with Crippen molar-refractivity contribution >= 4 is 11.9 Å². The summed E-state index contributed by atoms with van der Waals surface area (Å²) in [6.07, 6.45) is 5.14. The Kier molecular flexibility index (Phi) is 6.16. The van der Waals surface area contributed by atoms with Crippen molar-refractivity contribution in [3.8, 4) is 11.8 Å². The average molecular weight is 237 g/mol. The molecule has 1 rings (SSSR count). The lowest BCUT2D eigenvalue weighted by Gasteiger charge is -2.16. The van der Waals surface area contributed by atoms with Crippen LogP contribution in [0.4, 0.5) is 0 Å². The van der Waals surface area contributed by atoms with Crippen LogP contribution < -0.4 is 0 Å². The molecule has 94 valence electrons. The Bertz CT molecular complexity index is 327. The van der Waals surface area contributed by atoms with E-state index in [0.29, 0.717) is 25.8 Å². The van der Waals surface area contributed by atoms with Crippen LogP contribution in [0.25, 0.3) is 0 Å². The van der Waals surface area contributed by atoms with Gasteiger partial charge in [0.2, 0.25) is 5.91 Å². The second kappa shape index (κ2) is 7.72. The molecular weight excluding hydrogens is 218 g/mol. The number of carbonyl (C=O) groups is 2. The molecule has 0 radical (unpaired) electrons. The maximum Gasteiger partial charge on any atom is 0.303 e. The molecule has 1 N–H and O–H groups in total. The van der Waals surface area contributed by atoms with Crippen LogP contribution in [0.2, 0.25) is 0 Å². The highest BCUT2D eigenvalue weighted by molar-refractivity contribution is 5.76. The SMILES string of the molecule is O=C(O)CCCC#CCN1CCCCCC1=O. The number of hydrogen-bond acceptors (Lipinski definition) is 2. The highest BCUT2D eigenvalue weighted by atomic mass is 16.4. The zero-order chi connectivity index (χ0) is 12.5. The Morgan fingerprint density at radius 3 is 2.88 bits per heavy atom. The standard InChI is InChI=1S/C13H19NO3/c15-12-8-4-3-7-11-14(12)10-6-2-1-5-9-13(16)17/h1,3-5,7-11H2,(H,16,17). The van der Waals surface area contributed by atoms with Crippen LogP contribution in [0.5, 0.6) is 0 Å². The van der Waals surface area contributed by atoms with Crippen molar-refractivity contribution in [2.24, 2.45) is 0 Å². The molecule has 1 amide bonds. The first-order chi connectivity index (χ1) is 8.20. The fraction of sp³-hybridized carbons (Fsp3) is 0.692. The number of carbonyl (C=O) groups excluding carboxylic acids is 1. The predicted molar refractivity (Wildman–Crippen MR) is 64.3 cm³/mol. The molecule has 0 aromatic rings. The Hall–Kier alpha value is -1.50. The Balaban J connectivity index is 2.21. The number of carboxylic acids is 1. The van der Waals surface area contributed by atoms with Gasteiger partial charge >= 0.3 is 5.97 Å². The molecular formula is C13H19NO3. The molecule has 0 bridgehead atoms. The van der Waals surface area contributed by atoms with Gasteiger partial charge in [0.15, 0.2) is 0 Å². The Labute approximate surface area is 102 Å². The molecule has 4 heteroatoms. The summed E-state index contributed by atoms with van der Waals surface area (Å²) in [5.74, 6) is 5.28. The molecule has 1 heterocycles. The summed E-state index contributed by atoms with van der Waals surface area (Å²) in [6, 6.07) is 0. The topological polar surface area (TPSA) is 57.6 Å². The van der Waals surface area contributed by atoms with Gasteiger partial charge in [0.25, 0.3) is 0 Å². The predicted octanol–water partition coefficient (Wildman–Crippen LogP) is 1.65. The quantitative estimate of drug-likeness (QED) is 0.597. The van der Waals surface area contributed by atoms with E-state index in [-0.39, 0.29) is 12.3 Å². The van der Waals surface area contributed by atoms with E-state index in [1.165, 1.54) is 0 Å². The van der Waals surface area contributed by atoms with E-state index in [1.54, 1.807) is 4.90 Å². The van der Waals surface area contributed by atoms with Crippen LogP contribution in [0.3, 0.4) is 0 Å². The van der Waals surface area contributed by atoms with Gasteiger partial charge in [-0.1, -0.05) is 12.3 Å². The van der Waals surface area contributed by atoms with Crippen LogP contribution in [0, 0.1) is 11.8 Å². The first-order valence-corrected chi connectivity index (χ1v) is 6.15. The monoisotopic (exact) mass is 237 g/mol. The average Bonchev–Trinajstić information content (AvgIpc) is 2.48. The number of amides is 1. The summed E-state index contributed by atoms with van der Waals surface area (Å²) in [7, 11) is 0. The van der Waals surface area contributed by atoms with E-state index in [9.17, 15) is 9.59 Å². The van der Waals surface area contributed by atoms with E-state index >= 15 is 0 Å². The third-order valence-electron chi connectivity index (χ3n) is 2.76. The van der Waals surface area contributed by atoms with Crippen molar-refractivity contribution in [1.29, 1.82) is 0 Å². The molecule has 1 aliphatic rings. The zero-order valence-electron chi connectivity index (χ0n) is 10.1. The minimum absolute atomic E-state index is 0.164. The van der Waals surface area contributed by atoms with Gasteiger partial charge < -0.3 is 10.0 Å². The zero-order valence-corrected chi connectivity index (χ0v) is 10.1. The maximum atomic E-state index is 11.6. The lowest BCUT2D eigenvalue weighted by Crippen LogP contribution is -2.30. The van der Waals surface area contributed by atoms with Crippen molar-refractivity contribution in [3.63, 3.8) is 0 Å². The fourth-order valence-electron chi connectivity index (χ4n) is 1.77. The van der Waals surface area contributed by atoms with Gasteiger partial charge in [-0.3, -0.25) is 9.59 Å². The molecule has 0 aromatic carbocycles. The highest BCUT2D eigenvalue weighted by Gasteiger charge is 2.14. The maximum absolute atomic E-state index is 11.6. The van der Waals surface area contributed by atoms with Crippen molar-refractivity contribution in [2.75, 3.05) is 13.1 Å². The number of nitrogens with zero attached hydrogens (tertiary/aromatic N) is 1.